The second kappa shape index (κ2) is 7.39. The Morgan fingerprint density at radius 1 is 1.21 bits per heavy atom. The Kier molecular flexibility index (Phi) is 6.85. The zero-order chi connectivity index (χ0) is 11.0. The standard InChI is InChI=1S/C8H11N.C4H10O/c1-6-4-3-5-7(2)8(6)9;1-3-4-5-2/h3-5H,9H2,1-2H3;3-4H2,1-2H3. The molecule has 0 fully saturated rings. The molecule has 0 aliphatic heterocycles. The number of methoxy groups -OCH3 is 1. The van der Waals surface area contributed by atoms with E-state index in [0.717, 1.165) is 29.8 Å². The van der Waals surface area contributed by atoms with E-state index in [2.05, 4.69) is 6.92 Å². The molecule has 0 aliphatic rings. The molecule has 1 aromatic carbocycles. The summed E-state index contributed by atoms with van der Waals surface area (Å²) >= 11 is 0. The molecule has 0 saturated heterocycles. The van der Waals surface area contributed by atoms with E-state index in [1.807, 2.05) is 32.0 Å². The Morgan fingerprint density at radius 2 is 1.71 bits per heavy atom. The molecule has 0 radical (unpaired) electrons. The number of nitrogen functional groups attached to an aromatic ring is 1. The number of hydrogen-bond donors (Lipinski definition) is 1. The van der Waals surface area contributed by atoms with E-state index in [0.29, 0.717) is 0 Å². The maximum atomic E-state index is 5.68. The second-order valence-corrected chi connectivity index (χ2v) is 3.30. The zero-order valence-electron chi connectivity index (χ0n) is 9.63. The minimum Gasteiger partial charge on any atom is -0.398 e. The molecule has 2 heteroatoms. The van der Waals surface area contributed by atoms with Crippen LogP contribution in [0, 0.1) is 13.8 Å². The topological polar surface area (TPSA) is 35.2 Å². The Labute approximate surface area is 87.1 Å². The van der Waals surface area contributed by atoms with E-state index in [9.17, 15) is 0 Å². The number of rotatable bonds is 2. The van der Waals surface area contributed by atoms with Crippen molar-refractivity contribution in [2.75, 3.05) is 19.5 Å². The van der Waals surface area contributed by atoms with Crippen molar-refractivity contribution < 1.29 is 4.74 Å². The van der Waals surface area contributed by atoms with E-state index in [1.165, 1.54) is 0 Å². The molecule has 2 nitrogen and oxygen atoms in total. The third kappa shape index (κ3) is 4.87. The lowest BCUT2D eigenvalue weighted by Crippen LogP contribution is -1.91. The smallest absolute Gasteiger partial charge is 0.0459 e. The highest BCUT2D eigenvalue weighted by Gasteiger charge is 1.92. The molecule has 2 N–H and O–H groups in total. The summed E-state index contributed by atoms with van der Waals surface area (Å²) in [4.78, 5) is 0. The molecular weight excluding hydrogens is 174 g/mol. The third-order valence-electron chi connectivity index (χ3n) is 1.95. The molecule has 0 spiro atoms. The van der Waals surface area contributed by atoms with E-state index >= 15 is 0 Å². The first-order valence-corrected chi connectivity index (χ1v) is 4.94. The highest BCUT2D eigenvalue weighted by molar-refractivity contribution is 5.52. The van der Waals surface area contributed by atoms with Crippen molar-refractivity contribution in [1.82, 2.24) is 0 Å². The van der Waals surface area contributed by atoms with Gasteiger partial charge in [-0.2, -0.15) is 0 Å². The molecule has 0 heterocycles. The minimum atomic E-state index is 0.889. The fraction of sp³-hybridized carbons (Fsp3) is 0.500. The van der Waals surface area contributed by atoms with Gasteiger partial charge in [-0.05, 0) is 31.4 Å². The summed E-state index contributed by atoms with van der Waals surface area (Å²) in [7, 11) is 1.71. The highest BCUT2D eigenvalue weighted by atomic mass is 16.5. The first-order chi connectivity index (χ1) is 6.63. The molecule has 0 bridgehead atoms. The summed E-state index contributed by atoms with van der Waals surface area (Å²) in [6.45, 7) is 7.01. The summed E-state index contributed by atoms with van der Waals surface area (Å²) in [6.07, 6.45) is 1.12. The van der Waals surface area contributed by atoms with E-state index < -0.39 is 0 Å². The van der Waals surface area contributed by atoms with Crippen molar-refractivity contribution in [2.24, 2.45) is 0 Å². The minimum absolute atomic E-state index is 0.889. The number of ether oxygens (including phenoxy) is 1. The van der Waals surface area contributed by atoms with Gasteiger partial charge in [-0.15, -0.1) is 0 Å². The maximum absolute atomic E-state index is 5.68. The number of aryl methyl sites for hydroxylation is 2. The fourth-order valence-corrected chi connectivity index (χ4v) is 1.03. The maximum Gasteiger partial charge on any atom is 0.0459 e. The van der Waals surface area contributed by atoms with Crippen LogP contribution in [-0.4, -0.2) is 13.7 Å². The lowest BCUT2D eigenvalue weighted by atomic mass is 10.1. The van der Waals surface area contributed by atoms with Crippen LogP contribution < -0.4 is 5.73 Å². The van der Waals surface area contributed by atoms with Gasteiger partial charge in [0.15, 0.2) is 0 Å². The van der Waals surface area contributed by atoms with Gasteiger partial charge in [0, 0.05) is 19.4 Å². The largest absolute Gasteiger partial charge is 0.398 e. The lowest BCUT2D eigenvalue weighted by molar-refractivity contribution is 0.199. The predicted octanol–water partition coefficient (Wildman–Crippen LogP) is 2.93. The molecular formula is C12H21NO. The van der Waals surface area contributed by atoms with Crippen molar-refractivity contribution >= 4 is 5.69 Å². The molecule has 0 unspecified atom stereocenters. The van der Waals surface area contributed by atoms with Crippen LogP contribution in [0.2, 0.25) is 0 Å². The monoisotopic (exact) mass is 195 g/mol. The average molecular weight is 195 g/mol. The molecule has 0 aliphatic carbocycles. The summed E-state index contributed by atoms with van der Waals surface area (Å²) in [5.74, 6) is 0. The first kappa shape index (κ1) is 13.0. The summed E-state index contributed by atoms with van der Waals surface area (Å²) in [6, 6.07) is 6.05. The average Bonchev–Trinajstić information content (AvgIpc) is 2.16. The third-order valence-corrected chi connectivity index (χ3v) is 1.95. The molecule has 0 atom stereocenters. The number of nitrogens with two attached hydrogens (primary N) is 1. The number of anilines is 1. The van der Waals surface area contributed by atoms with Crippen LogP contribution in [-0.2, 0) is 4.74 Å². The van der Waals surface area contributed by atoms with Gasteiger partial charge in [-0.25, -0.2) is 0 Å². The lowest BCUT2D eigenvalue weighted by Gasteiger charge is -2.00. The van der Waals surface area contributed by atoms with Crippen molar-refractivity contribution in [2.45, 2.75) is 27.2 Å². The van der Waals surface area contributed by atoms with E-state index in [4.69, 9.17) is 10.5 Å². The molecule has 1 rings (SSSR count). The predicted molar refractivity (Wildman–Crippen MR) is 62.5 cm³/mol. The summed E-state index contributed by atoms with van der Waals surface area (Å²) in [5.41, 5.74) is 8.92. The normalized spacial score (nSPS) is 9.14. The van der Waals surface area contributed by atoms with Crippen LogP contribution in [0.15, 0.2) is 18.2 Å². The van der Waals surface area contributed by atoms with Gasteiger partial charge >= 0.3 is 0 Å². The fourth-order valence-electron chi connectivity index (χ4n) is 1.03. The van der Waals surface area contributed by atoms with Gasteiger partial charge in [0.05, 0.1) is 0 Å². The van der Waals surface area contributed by atoms with Crippen LogP contribution in [0.4, 0.5) is 5.69 Å². The van der Waals surface area contributed by atoms with Crippen molar-refractivity contribution in [3.8, 4) is 0 Å². The summed E-state index contributed by atoms with van der Waals surface area (Å²) in [5, 5.41) is 0. The molecule has 14 heavy (non-hydrogen) atoms. The van der Waals surface area contributed by atoms with Crippen molar-refractivity contribution in [1.29, 1.82) is 0 Å². The molecule has 0 saturated carbocycles. The quantitative estimate of drug-likeness (QED) is 0.736. The molecule has 0 aromatic heterocycles. The van der Waals surface area contributed by atoms with Crippen LogP contribution >= 0.6 is 0 Å². The first-order valence-electron chi connectivity index (χ1n) is 4.94. The Hall–Kier alpha value is -1.02. The van der Waals surface area contributed by atoms with Crippen LogP contribution in [0.1, 0.15) is 24.5 Å². The van der Waals surface area contributed by atoms with Crippen molar-refractivity contribution in [3.05, 3.63) is 29.3 Å². The molecule has 0 amide bonds. The number of hydrogen-bond acceptors (Lipinski definition) is 2. The van der Waals surface area contributed by atoms with Crippen LogP contribution in [0.5, 0.6) is 0 Å². The SMILES string of the molecule is CCCOC.Cc1cccc(C)c1N. The van der Waals surface area contributed by atoms with Crippen LogP contribution in [0.3, 0.4) is 0 Å². The van der Waals surface area contributed by atoms with Gasteiger partial charge in [0.25, 0.3) is 0 Å². The van der Waals surface area contributed by atoms with Gasteiger partial charge in [-0.1, -0.05) is 25.1 Å². The number of benzene rings is 1. The molecule has 1 aromatic rings. The van der Waals surface area contributed by atoms with Gasteiger partial charge in [0.2, 0.25) is 0 Å². The van der Waals surface area contributed by atoms with Gasteiger partial charge < -0.3 is 10.5 Å². The highest BCUT2D eigenvalue weighted by Crippen LogP contribution is 2.13. The number of para-hydroxylation sites is 1. The zero-order valence-corrected chi connectivity index (χ0v) is 9.63. The van der Waals surface area contributed by atoms with E-state index in [-0.39, 0.29) is 0 Å². The second-order valence-electron chi connectivity index (χ2n) is 3.30. The Balaban J connectivity index is 0.000000292. The van der Waals surface area contributed by atoms with Crippen molar-refractivity contribution in [3.63, 3.8) is 0 Å². The van der Waals surface area contributed by atoms with Gasteiger partial charge in [-0.3, -0.25) is 0 Å². The Morgan fingerprint density at radius 3 is 1.93 bits per heavy atom. The van der Waals surface area contributed by atoms with Crippen LogP contribution in [0.25, 0.3) is 0 Å². The molecule has 80 valence electrons. The van der Waals surface area contributed by atoms with Gasteiger partial charge in [0.1, 0.15) is 0 Å². The summed E-state index contributed by atoms with van der Waals surface area (Å²) < 4.78 is 4.69. The van der Waals surface area contributed by atoms with E-state index in [1.54, 1.807) is 7.11 Å². The Bertz CT molecular complexity index is 236.